The highest BCUT2D eigenvalue weighted by Crippen LogP contribution is 2.38. The van der Waals surface area contributed by atoms with Crippen LogP contribution < -0.4 is 25.4 Å². The summed E-state index contributed by atoms with van der Waals surface area (Å²) >= 11 is 1.27. The number of carbonyl (C=O) groups excluding carboxylic acids is 3. The lowest BCUT2D eigenvalue weighted by Crippen LogP contribution is -2.30. The third kappa shape index (κ3) is 8.94. The lowest BCUT2D eigenvalue weighted by molar-refractivity contribution is -0.385. The SMILES string of the molecule is COc1ccc(NC(=O)C(Sc2cccc(NC(=O)/C(=C\c3ccccc3[N+](=O)[O-])NC(=O)c3ccccc3)c2)c2ccccc2)c(OC)c1. The van der Waals surface area contributed by atoms with Gasteiger partial charge in [0.15, 0.2) is 0 Å². The minimum absolute atomic E-state index is 0.130. The number of hydrogen-bond donors (Lipinski definition) is 3. The minimum atomic E-state index is -0.710. The predicted octanol–water partition coefficient (Wildman–Crippen LogP) is 7.49. The summed E-state index contributed by atoms with van der Waals surface area (Å²) in [6, 6.07) is 35.4. The molecule has 1 atom stereocenters. The van der Waals surface area contributed by atoms with Gasteiger partial charge in [-0.25, -0.2) is 0 Å². The Hall–Kier alpha value is -6.40. The zero-order valence-corrected chi connectivity index (χ0v) is 27.8. The third-order valence-corrected chi connectivity index (χ3v) is 8.56. The van der Waals surface area contributed by atoms with Crippen LogP contribution in [0.4, 0.5) is 17.1 Å². The molecule has 5 aromatic carbocycles. The zero-order valence-electron chi connectivity index (χ0n) is 27.0. The van der Waals surface area contributed by atoms with Crippen LogP contribution in [0.5, 0.6) is 11.5 Å². The standard InChI is InChI=1S/C38H32N4O7S/c1-48-29-20-21-31(34(24-29)49-2)40-38(45)35(25-12-5-3-6-13-25)50-30-18-11-17-28(23-30)39-37(44)32(41-36(43)26-14-7-4-8-15-26)22-27-16-9-10-19-33(27)42(46)47/h3-24,35H,1-2H3,(H,39,44)(H,40,45)(H,41,43)/b32-22+. The van der Waals surface area contributed by atoms with Gasteiger partial charge < -0.3 is 25.4 Å². The Labute approximate surface area is 292 Å². The quantitative estimate of drug-likeness (QED) is 0.0499. The van der Waals surface area contributed by atoms with Crippen molar-refractivity contribution in [1.82, 2.24) is 5.32 Å². The largest absolute Gasteiger partial charge is 0.497 e. The van der Waals surface area contributed by atoms with Crippen molar-refractivity contribution in [2.45, 2.75) is 10.1 Å². The molecule has 0 saturated carbocycles. The Morgan fingerprint density at radius 3 is 2.18 bits per heavy atom. The van der Waals surface area contributed by atoms with Gasteiger partial charge in [0.05, 0.1) is 30.4 Å². The van der Waals surface area contributed by atoms with Crippen LogP contribution in [0.1, 0.15) is 26.7 Å². The number of hydrogen-bond acceptors (Lipinski definition) is 8. The number of amides is 3. The van der Waals surface area contributed by atoms with Crippen LogP contribution in [0.3, 0.4) is 0 Å². The molecule has 5 rings (SSSR count). The van der Waals surface area contributed by atoms with Crippen molar-refractivity contribution in [2.75, 3.05) is 24.9 Å². The Kier molecular flexibility index (Phi) is 11.6. The smallest absolute Gasteiger partial charge is 0.276 e. The molecule has 252 valence electrons. The highest BCUT2D eigenvalue weighted by Gasteiger charge is 2.24. The lowest BCUT2D eigenvalue weighted by atomic mass is 10.1. The number of nitro groups is 1. The topological polar surface area (TPSA) is 149 Å². The molecule has 0 aliphatic rings. The van der Waals surface area contributed by atoms with E-state index in [9.17, 15) is 24.5 Å². The van der Waals surface area contributed by atoms with Crippen LogP contribution in [0.15, 0.2) is 138 Å². The molecule has 0 spiro atoms. The third-order valence-electron chi connectivity index (χ3n) is 7.31. The van der Waals surface area contributed by atoms with Crippen LogP contribution in [0, 0.1) is 10.1 Å². The first-order chi connectivity index (χ1) is 24.2. The number of nitrogens with one attached hydrogen (secondary N) is 3. The molecular formula is C38H32N4O7S. The molecular weight excluding hydrogens is 657 g/mol. The Bertz CT molecular complexity index is 2040. The Morgan fingerprint density at radius 1 is 0.780 bits per heavy atom. The number of carbonyl (C=O) groups is 3. The summed E-state index contributed by atoms with van der Waals surface area (Å²) in [5.41, 5.74) is 1.57. The molecule has 11 nitrogen and oxygen atoms in total. The molecule has 0 heterocycles. The number of nitro benzene ring substituents is 1. The molecule has 0 saturated heterocycles. The van der Waals surface area contributed by atoms with Crippen LogP contribution in [-0.4, -0.2) is 36.9 Å². The van der Waals surface area contributed by atoms with Crippen molar-refractivity contribution in [2.24, 2.45) is 0 Å². The summed E-state index contributed by atoms with van der Waals surface area (Å²) in [7, 11) is 3.04. The van der Waals surface area contributed by atoms with Crippen molar-refractivity contribution in [1.29, 1.82) is 0 Å². The monoisotopic (exact) mass is 688 g/mol. The molecule has 0 fully saturated rings. The van der Waals surface area contributed by atoms with E-state index < -0.39 is 22.0 Å². The van der Waals surface area contributed by atoms with E-state index >= 15 is 0 Å². The maximum absolute atomic E-state index is 13.8. The van der Waals surface area contributed by atoms with Crippen molar-refractivity contribution in [3.05, 3.63) is 160 Å². The number of para-hydroxylation sites is 1. The fourth-order valence-electron chi connectivity index (χ4n) is 4.86. The molecule has 0 aliphatic heterocycles. The maximum atomic E-state index is 13.8. The molecule has 3 N–H and O–H groups in total. The van der Waals surface area contributed by atoms with E-state index in [1.54, 1.807) is 86.0 Å². The van der Waals surface area contributed by atoms with Crippen molar-refractivity contribution in [3.63, 3.8) is 0 Å². The molecule has 3 amide bonds. The van der Waals surface area contributed by atoms with Crippen molar-refractivity contribution in [3.8, 4) is 11.5 Å². The van der Waals surface area contributed by atoms with Crippen LogP contribution in [-0.2, 0) is 9.59 Å². The maximum Gasteiger partial charge on any atom is 0.276 e. The van der Waals surface area contributed by atoms with Gasteiger partial charge in [0.25, 0.3) is 17.5 Å². The number of rotatable bonds is 13. The summed E-state index contributed by atoms with van der Waals surface area (Å²) < 4.78 is 10.7. The van der Waals surface area contributed by atoms with Crippen molar-refractivity contribution >= 4 is 52.6 Å². The molecule has 5 aromatic rings. The second-order valence-corrected chi connectivity index (χ2v) is 11.8. The highest BCUT2D eigenvalue weighted by molar-refractivity contribution is 8.00. The van der Waals surface area contributed by atoms with Gasteiger partial charge in [-0.1, -0.05) is 66.7 Å². The van der Waals surface area contributed by atoms with Gasteiger partial charge in [-0.2, -0.15) is 0 Å². The number of thioether (sulfide) groups is 1. The fraction of sp³-hybridized carbons (Fsp3) is 0.0789. The number of benzene rings is 5. The van der Waals surface area contributed by atoms with Crippen LogP contribution >= 0.6 is 11.8 Å². The highest BCUT2D eigenvalue weighted by atomic mass is 32.2. The van der Waals surface area contributed by atoms with E-state index in [1.807, 2.05) is 30.3 Å². The first kappa shape index (κ1) is 34.9. The molecule has 50 heavy (non-hydrogen) atoms. The van der Waals surface area contributed by atoms with E-state index in [-0.39, 0.29) is 22.9 Å². The molecule has 1 unspecified atom stereocenters. The second kappa shape index (κ2) is 16.6. The number of anilines is 2. The Balaban J connectivity index is 1.41. The predicted molar refractivity (Wildman–Crippen MR) is 193 cm³/mol. The van der Waals surface area contributed by atoms with Gasteiger partial charge in [-0.3, -0.25) is 24.5 Å². The molecule has 0 bridgehead atoms. The van der Waals surface area contributed by atoms with Gasteiger partial charge in [-0.05, 0) is 60.2 Å². The average molecular weight is 689 g/mol. The first-order valence-corrected chi connectivity index (χ1v) is 16.1. The lowest BCUT2D eigenvalue weighted by Gasteiger charge is -2.19. The summed E-state index contributed by atoms with van der Waals surface area (Å²) in [5, 5.41) is 19.3. The van der Waals surface area contributed by atoms with Gasteiger partial charge >= 0.3 is 0 Å². The van der Waals surface area contributed by atoms with E-state index in [4.69, 9.17) is 9.47 Å². The molecule has 12 heteroatoms. The zero-order chi connectivity index (χ0) is 35.5. The van der Waals surface area contributed by atoms with Crippen molar-refractivity contribution < 1.29 is 28.8 Å². The van der Waals surface area contributed by atoms with E-state index in [0.717, 1.165) is 5.56 Å². The summed E-state index contributed by atoms with van der Waals surface area (Å²) in [4.78, 5) is 52.3. The van der Waals surface area contributed by atoms with Gasteiger partial charge in [-0.15, -0.1) is 11.8 Å². The Morgan fingerprint density at radius 2 is 1.48 bits per heavy atom. The minimum Gasteiger partial charge on any atom is -0.497 e. The second-order valence-electron chi connectivity index (χ2n) is 10.6. The van der Waals surface area contributed by atoms with Gasteiger partial charge in [0, 0.05) is 28.3 Å². The molecule has 0 aromatic heterocycles. The normalized spacial score (nSPS) is 11.5. The first-order valence-electron chi connectivity index (χ1n) is 15.2. The summed E-state index contributed by atoms with van der Waals surface area (Å²) in [5.74, 6) is -0.577. The van der Waals surface area contributed by atoms with Gasteiger partial charge in [0.1, 0.15) is 22.4 Å². The average Bonchev–Trinajstić information content (AvgIpc) is 3.14. The van der Waals surface area contributed by atoms with Crippen LogP contribution in [0.2, 0.25) is 0 Å². The number of ether oxygens (including phenoxy) is 2. The fourth-order valence-corrected chi connectivity index (χ4v) is 5.94. The number of nitrogens with zero attached hydrogens (tertiary/aromatic N) is 1. The van der Waals surface area contributed by atoms with Gasteiger partial charge in [0.2, 0.25) is 5.91 Å². The summed E-state index contributed by atoms with van der Waals surface area (Å²) in [6.07, 6.45) is 1.26. The van der Waals surface area contributed by atoms with E-state index in [0.29, 0.717) is 33.3 Å². The number of methoxy groups -OCH3 is 2. The molecule has 0 aliphatic carbocycles. The van der Waals surface area contributed by atoms with Crippen LogP contribution in [0.25, 0.3) is 6.08 Å². The van der Waals surface area contributed by atoms with E-state index in [1.165, 1.54) is 43.1 Å². The molecule has 0 radical (unpaired) electrons. The van der Waals surface area contributed by atoms with E-state index in [2.05, 4.69) is 16.0 Å². The summed E-state index contributed by atoms with van der Waals surface area (Å²) in [6.45, 7) is 0.